The van der Waals surface area contributed by atoms with Crippen LogP contribution in [0.25, 0.3) is 0 Å². The third kappa shape index (κ3) is 4.61. The van der Waals surface area contributed by atoms with E-state index < -0.39 is 0 Å². The zero-order valence-electron chi connectivity index (χ0n) is 8.96. The van der Waals surface area contributed by atoms with Gasteiger partial charge in [0, 0.05) is 5.38 Å². The molecule has 1 aromatic rings. The summed E-state index contributed by atoms with van der Waals surface area (Å²) in [5, 5.41) is 2.77. The van der Waals surface area contributed by atoms with Crippen LogP contribution >= 0.6 is 11.3 Å². The minimum absolute atomic E-state index is 0.700. The summed E-state index contributed by atoms with van der Waals surface area (Å²) in [6.45, 7) is 2.25. The Morgan fingerprint density at radius 2 is 1.93 bits per heavy atom. The topological polar surface area (TPSA) is 38.9 Å². The summed E-state index contributed by atoms with van der Waals surface area (Å²) in [6, 6.07) is 0. The van der Waals surface area contributed by atoms with Gasteiger partial charge in [0.1, 0.15) is 0 Å². The first-order valence-corrected chi connectivity index (χ1v) is 6.40. The number of anilines is 1. The molecule has 0 unspecified atom stereocenters. The Hall–Kier alpha value is -0.570. The average molecular weight is 212 g/mol. The molecule has 0 aliphatic rings. The molecular weight excluding hydrogens is 192 g/mol. The molecule has 1 aromatic heterocycles. The lowest BCUT2D eigenvalue weighted by molar-refractivity contribution is 0.605. The second-order valence-electron chi connectivity index (χ2n) is 3.69. The van der Waals surface area contributed by atoms with Gasteiger partial charge in [0.25, 0.3) is 0 Å². The van der Waals surface area contributed by atoms with Crippen LogP contribution in [0.15, 0.2) is 5.38 Å². The van der Waals surface area contributed by atoms with Crippen LogP contribution in [0.2, 0.25) is 0 Å². The number of rotatable bonds is 7. The Bertz CT molecular complexity index is 245. The molecule has 2 nitrogen and oxygen atoms in total. The van der Waals surface area contributed by atoms with Crippen molar-refractivity contribution in [2.24, 2.45) is 0 Å². The normalized spacial score (nSPS) is 10.6. The van der Waals surface area contributed by atoms with Gasteiger partial charge in [-0.1, -0.05) is 39.0 Å². The summed E-state index contributed by atoms with van der Waals surface area (Å²) >= 11 is 1.54. The van der Waals surface area contributed by atoms with Crippen molar-refractivity contribution in [3.05, 3.63) is 11.1 Å². The van der Waals surface area contributed by atoms with Crippen molar-refractivity contribution in [2.75, 3.05) is 5.73 Å². The van der Waals surface area contributed by atoms with Crippen molar-refractivity contribution >= 4 is 16.5 Å². The predicted molar refractivity (Wildman–Crippen MR) is 63.6 cm³/mol. The van der Waals surface area contributed by atoms with Crippen LogP contribution < -0.4 is 5.73 Å². The lowest BCUT2D eigenvalue weighted by atomic mass is 10.1. The Kier molecular flexibility index (Phi) is 5.60. The van der Waals surface area contributed by atoms with Crippen molar-refractivity contribution in [2.45, 2.75) is 51.9 Å². The lowest BCUT2D eigenvalue weighted by Crippen LogP contribution is -1.88. The van der Waals surface area contributed by atoms with Crippen LogP contribution in [0, 0.1) is 0 Å². The maximum absolute atomic E-state index is 5.56. The summed E-state index contributed by atoms with van der Waals surface area (Å²) in [5.41, 5.74) is 6.73. The second-order valence-corrected chi connectivity index (χ2v) is 4.58. The van der Waals surface area contributed by atoms with E-state index in [9.17, 15) is 0 Å². The van der Waals surface area contributed by atoms with Gasteiger partial charge in [0.05, 0.1) is 5.69 Å². The first kappa shape index (κ1) is 11.5. The maximum atomic E-state index is 5.56. The summed E-state index contributed by atoms with van der Waals surface area (Å²) < 4.78 is 0. The zero-order valence-corrected chi connectivity index (χ0v) is 9.78. The van der Waals surface area contributed by atoms with Crippen molar-refractivity contribution in [3.63, 3.8) is 0 Å². The number of thiazole rings is 1. The van der Waals surface area contributed by atoms with Crippen LogP contribution in [0.5, 0.6) is 0 Å². The summed E-state index contributed by atoms with van der Waals surface area (Å²) in [5.74, 6) is 0. The minimum atomic E-state index is 0.700. The first-order valence-electron chi connectivity index (χ1n) is 5.53. The van der Waals surface area contributed by atoms with Gasteiger partial charge in [-0.25, -0.2) is 4.98 Å². The third-order valence-electron chi connectivity index (χ3n) is 2.36. The van der Waals surface area contributed by atoms with Gasteiger partial charge >= 0.3 is 0 Å². The van der Waals surface area contributed by atoms with Crippen LogP contribution in [0.1, 0.15) is 51.1 Å². The van der Waals surface area contributed by atoms with E-state index in [4.69, 9.17) is 5.73 Å². The largest absolute Gasteiger partial charge is 0.375 e. The number of hydrogen-bond acceptors (Lipinski definition) is 3. The number of unbranched alkanes of at least 4 members (excludes halogenated alkanes) is 5. The van der Waals surface area contributed by atoms with Gasteiger partial charge in [0.2, 0.25) is 0 Å². The smallest absolute Gasteiger partial charge is 0.180 e. The van der Waals surface area contributed by atoms with Gasteiger partial charge in [-0.15, -0.1) is 11.3 Å². The fourth-order valence-electron chi connectivity index (χ4n) is 1.52. The lowest BCUT2D eigenvalue weighted by Gasteiger charge is -1.98. The van der Waals surface area contributed by atoms with Gasteiger partial charge in [0.15, 0.2) is 5.13 Å². The minimum Gasteiger partial charge on any atom is -0.375 e. The Labute approximate surface area is 90.6 Å². The molecule has 0 spiro atoms. The van der Waals surface area contributed by atoms with Crippen LogP contribution in [-0.2, 0) is 6.42 Å². The van der Waals surface area contributed by atoms with Crippen LogP contribution in [0.3, 0.4) is 0 Å². The molecule has 0 radical (unpaired) electrons. The number of aromatic nitrogens is 1. The Balaban J connectivity index is 1.99. The highest BCUT2D eigenvalue weighted by Gasteiger charge is 1.98. The molecule has 0 bridgehead atoms. The fourth-order valence-corrected chi connectivity index (χ4v) is 2.12. The third-order valence-corrected chi connectivity index (χ3v) is 3.08. The highest BCUT2D eigenvalue weighted by atomic mass is 32.1. The first-order chi connectivity index (χ1) is 6.83. The molecule has 1 heterocycles. The quantitative estimate of drug-likeness (QED) is 0.701. The summed E-state index contributed by atoms with van der Waals surface area (Å²) in [6.07, 6.45) is 9.14. The number of nitrogen functional groups attached to an aromatic ring is 1. The molecule has 0 fully saturated rings. The molecule has 3 heteroatoms. The summed E-state index contributed by atoms with van der Waals surface area (Å²) in [4.78, 5) is 4.24. The summed E-state index contributed by atoms with van der Waals surface area (Å²) in [7, 11) is 0. The van der Waals surface area contributed by atoms with Gasteiger partial charge in [-0.2, -0.15) is 0 Å². The van der Waals surface area contributed by atoms with Crippen molar-refractivity contribution in [1.29, 1.82) is 0 Å². The molecule has 1 rings (SSSR count). The standard InChI is InChI=1S/C11H20N2S/c1-2-3-4-5-6-7-8-10-9-14-11(12)13-10/h9H,2-8H2,1H3,(H2,12,13). The zero-order chi connectivity index (χ0) is 10.2. The number of nitrogens with zero attached hydrogens (tertiary/aromatic N) is 1. The van der Waals surface area contributed by atoms with Crippen LogP contribution in [-0.4, -0.2) is 4.98 Å². The van der Waals surface area contributed by atoms with Crippen molar-refractivity contribution in [3.8, 4) is 0 Å². The highest BCUT2D eigenvalue weighted by molar-refractivity contribution is 7.13. The van der Waals surface area contributed by atoms with Crippen molar-refractivity contribution in [1.82, 2.24) is 4.98 Å². The van der Waals surface area contributed by atoms with E-state index in [0.717, 1.165) is 6.42 Å². The molecule has 14 heavy (non-hydrogen) atoms. The number of nitrogens with two attached hydrogens (primary N) is 1. The van der Waals surface area contributed by atoms with E-state index in [0.29, 0.717) is 5.13 Å². The van der Waals surface area contributed by atoms with E-state index in [-0.39, 0.29) is 0 Å². The molecule has 0 atom stereocenters. The number of aryl methyl sites for hydroxylation is 1. The fraction of sp³-hybridized carbons (Fsp3) is 0.727. The van der Waals surface area contributed by atoms with Gasteiger partial charge in [-0.05, 0) is 12.8 Å². The van der Waals surface area contributed by atoms with Gasteiger partial charge < -0.3 is 5.73 Å². The molecule has 80 valence electrons. The Morgan fingerprint density at radius 1 is 1.21 bits per heavy atom. The molecular formula is C11H20N2S. The Morgan fingerprint density at radius 3 is 2.57 bits per heavy atom. The second kappa shape index (κ2) is 6.82. The highest BCUT2D eigenvalue weighted by Crippen LogP contribution is 2.14. The molecule has 0 aromatic carbocycles. The van der Waals surface area contributed by atoms with E-state index in [2.05, 4.69) is 17.3 Å². The van der Waals surface area contributed by atoms with Gasteiger partial charge in [-0.3, -0.25) is 0 Å². The average Bonchev–Trinajstić information content (AvgIpc) is 2.58. The number of hydrogen-bond donors (Lipinski definition) is 1. The molecule has 0 aliphatic heterocycles. The van der Waals surface area contributed by atoms with Crippen LogP contribution in [0.4, 0.5) is 5.13 Å². The predicted octanol–water partition coefficient (Wildman–Crippen LogP) is 3.63. The van der Waals surface area contributed by atoms with Crippen molar-refractivity contribution < 1.29 is 0 Å². The molecule has 2 N–H and O–H groups in total. The molecule has 0 saturated heterocycles. The molecule has 0 amide bonds. The SMILES string of the molecule is CCCCCCCCc1csc(N)n1. The molecule has 0 aliphatic carbocycles. The maximum Gasteiger partial charge on any atom is 0.180 e. The van der Waals surface area contributed by atoms with E-state index in [1.54, 1.807) is 11.3 Å². The monoisotopic (exact) mass is 212 g/mol. The van der Waals surface area contributed by atoms with E-state index in [1.165, 1.54) is 44.2 Å². The van der Waals surface area contributed by atoms with E-state index >= 15 is 0 Å². The molecule has 0 saturated carbocycles. The van der Waals surface area contributed by atoms with E-state index in [1.807, 2.05) is 0 Å².